The van der Waals surface area contributed by atoms with Crippen LogP contribution in [0.25, 0.3) is 6.08 Å². The molecule has 2 fully saturated rings. The molecule has 6 heteroatoms. The molecule has 1 aromatic carbocycles. The Labute approximate surface area is 176 Å². The number of allylic oxidation sites excluding steroid dienone is 2. The van der Waals surface area contributed by atoms with Gasteiger partial charge in [-0.2, -0.15) is 0 Å². The van der Waals surface area contributed by atoms with E-state index in [9.17, 15) is 9.59 Å². The van der Waals surface area contributed by atoms with Crippen molar-refractivity contribution in [3.8, 4) is 0 Å². The fourth-order valence-electron chi connectivity index (χ4n) is 3.68. The average molecular weight is 415 g/mol. The van der Waals surface area contributed by atoms with Gasteiger partial charge in [-0.05, 0) is 49.8 Å². The smallest absolute Gasteiger partial charge is 0.266 e. The Balaban J connectivity index is 1.69. The van der Waals surface area contributed by atoms with Crippen LogP contribution >= 0.6 is 24.0 Å². The maximum atomic E-state index is 12.8. The highest BCUT2D eigenvalue weighted by molar-refractivity contribution is 8.26. The molecule has 0 saturated carbocycles. The van der Waals surface area contributed by atoms with Gasteiger partial charge >= 0.3 is 0 Å². The number of likely N-dealkylation sites (tertiary alicyclic amines) is 1. The molecule has 0 bridgehead atoms. The number of piperidine rings is 1. The zero-order chi connectivity index (χ0) is 20.1. The van der Waals surface area contributed by atoms with Crippen LogP contribution < -0.4 is 0 Å². The number of benzene rings is 1. The summed E-state index contributed by atoms with van der Waals surface area (Å²) in [5.41, 5.74) is 2.05. The molecular formula is C22H26N2O2S2. The second-order valence-electron chi connectivity index (χ2n) is 7.21. The summed E-state index contributed by atoms with van der Waals surface area (Å²) >= 11 is 6.67. The lowest BCUT2D eigenvalue weighted by atomic mass is 10.00. The van der Waals surface area contributed by atoms with Crippen LogP contribution in [0.2, 0.25) is 0 Å². The molecule has 1 unspecified atom stereocenters. The average Bonchev–Trinajstić information content (AvgIpc) is 2.95. The Kier molecular flexibility index (Phi) is 7.08. The molecule has 28 heavy (non-hydrogen) atoms. The molecule has 2 aliphatic rings. The van der Waals surface area contributed by atoms with E-state index < -0.39 is 0 Å². The van der Waals surface area contributed by atoms with Crippen LogP contribution in [0.1, 0.15) is 45.1 Å². The van der Waals surface area contributed by atoms with Crippen LogP contribution in [0.3, 0.4) is 0 Å². The van der Waals surface area contributed by atoms with Crippen molar-refractivity contribution in [3.63, 3.8) is 0 Å². The molecule has 0 spiro atoms. The van der Waals surface area contributed by atoms with E-state index >= 15 is 0 Å². The van der Waals surface area contributed by atoms with E-state index in [4.69, 9.17) is 12.2 Å². The lowest BCUT2D eigenvalue weighted by Gasteiger charge is -2.36. The fourth-order valence-corrected chi connectivity index (χ4v) is 4.98. The topological polar surface area (TPSA) is 40.6 Å². The maximum absolute atomic E-state index is 12.8. The van der Waals surface area contributed by atoms with Gasteiger partial charge in [0.2, 0.25) is 5.91 Å². The van der Waals surface area contributed by atoms with Crippen molar-refractivity contribution in [1.29, 1.82) is 0 Å². The fraction of sp³-hybridized carbons (Fsp3) is 0.409. The molecule has 148 valence electrons. The van der Waals surface area contributed by atoms with E-state index in [1.54, 1.807) is 0 Å². The molecule has 3 rings (SSSR count). The van der Waals surface area contributed by atoms with Gasteiger partial charge in [0.1, 0.15) is 10.9 Å². The lowest BCUT2D eigenvalue weighted by molar-refractivity contribution is -0.138. The largest absolute Gasteiger partial charge is 0.338 e. The Morgan fingerprint density at radius 2 is 2.04 bits per heavy atom. The van der Waals surface area contributed by atoms with Crippen molar-refractivity contribution >= 4 is 46.2 Å². The number of carbonyl (C=O) groups is 2. The molecule has 4 nitrogen and oxygen atoms in total. The summed E-state index contributed by atoms with van der Waals surface area (Å²) in [5, 5.41) is 0. The van der Waals surface area contributed by atoms with Gasteiger partial charge in [-0.15, -0.1) is 0 Å². The Bertz CT molecular complexity index is 817. The molecular weight excluding hydrogens is 388 g/mol. The summed E-state index contributed by atoms with van der Waals surface area (Å²) in [5.74, 6) is -0.171. The predicted octanol–water partition coefficient (Wildman–Crippen LogP) is 4.63. The number of carbonyl (C=O) groups excluding carboxylic acids is 2. The number of hydrogen-bond donors (Lipinski definition) is 0. The molecule has 0 N–H and O–H groups in total. The first-order chi connectivity index (χ1) is 13.5. The van der Waals surface area contributed by atoms with E-state index in [1.165, 1.54) is 23.1 Å². The predicted molar refractivity (Wildman–Crippen MR) is 120 cm³/mol. The molecule has 1 atom stereocenters. The quantitative estimate of drug-likeness (QED) is 0.520. The van der Waals surface area contributed by atoms with E-state index in [-0.39, 0.29) is 24.4 Å². The highest BCUT2D eigenvalue weighted by Gasteiger charge is 2.35. The van der Waals surface area contributed by atoms with Crippen LogP contribution in [0, 0.1) is 0 Å². The number of hydrogen-bond acceptors (Lipinski definition) is 4. The van der Waals surface area contributed by atoms with Gasteiger partial charge in [-0.3, -0.25) is 14.5 Å². The molecule has 2 aliphatic heterocycles. The third-order valence-electron chi connectivity index (χ3n) is 5.14. The van der Waals surface area contributed by atoms with Crippen LogP contribution in [0.15, 0.2) is 46.9 Å². The Morgan fingerprint density at radius 3 is 2.75 bits per heavy atom. The molecule has 2 amide bonds. The van der Waals surface area contributed by atoms with E-state index in [2.05, 4.69) is 6.92 Å². The van der Waals surface area contributed by atoms with Gasteiger partial charge in [0.05, 0.1) is 4.91 Å². The first-order valence-electron chi connectivity index (χ1n) is 9.77. The van der Waals surface area contributed by atoms with Crippen LogP contribution in [0.4, 0.5) is 0 Å². The molecule has 2 saturated heterocycles. The van der Waals surface area contributed by atoms with E-state index in [1.807, 2.05) is 54.3 Å². The van der Waals surface area contributed by atoms with E-state index in [0.29, 0.717) is 9.23 Å². The maximum Gasteiger partial charge on any atom is 0.266 e. The summed E-state index contributed by atoms with van der Waals surface area (Å²) in [7, 11) is 0. The van der Waals surface area contributed by atoms with Gasteiger partial charge in [0, 0.05) is 12.6 Å². The number of amides is 2. The van der Waals surface area contributed by atoms with Crippen molar-refractivity contribution in [2.45, 2.75) is 45.6 Å². The summed E-state index contributed by atoms with van der Waals surface area (Å²) in [6.45, 7) is 4.89. The van der Waals surface area contributed by atoms with Crippen molar-refractivity contribution in [3.05, 3.63) is 52.4 Å². The highest BCUT2D eigenvalue weighted by atomic mass is 32.2. The normalized spacial score (nSPS) is 22.3. The minimum absolute atomic E-state index is 0.000601. The first kappa shape index (κ1) is 20.8. The Morgan fingerprint density at radius 1 is 1.29 bits per heavy atom. The van der Waals surface area contributed by atoms with E-state index in [0.717, 1.165) is 36.9 Å². The molecule has 1 aromatic rings. The minimum atomic E-state index is -0.172. The number of thiocarbonyl (C=S) groups is 1. The summed E-state index contributed by atoms with van der Waals surface area (Å²) < 4.78 is 0.460. The highest BCUT2D eigenvalue weighted by Crippen LogP contribution is 2.32. The number of thioether (sulfide) groups is 1. The summed E-state index contributed by atoms with van der Waals surface area (Å²) in [4.78, 5) is 29.6. The minimum Gasteiger partial charge on any atom is -0.338 e. The zero-order valence-electron chi connectivity index (χ0n) is 16.4. The molecule has 0 radical (unpaired) electrons. The standard InChI is InChI=1S/C22H26N2O2S2/c1-3-18-11-7-8-12-23(18)20(25)15-24-21(26)19(28-22(24)27)14-16(2)13-17-9-5-4-6-10-17/h4-6,9-10,13-14,18H,3,7-8,11-12,15H2,1-2H3. The zero-order valence-corrected chi connectivity index (χ0v) is 18.0. The molecule has 2 heterocycles. The van der Waals surface area contributed by atoms with Gasteiger partial charge in [0.25, 0.3) is 5.91 Å². The van der Waals surface area contributed by atoms with Gasteiger partial charge < -0.3 is 4.90 Å². The third-order valence-corrected chi connectivity index (χ3v) is 6.52. The van der Waals surface area contributed by atoms with Gasteiger partial charge in [0.15, 0.2) is 0 Å². The van der Waals surface area contributed by atoms with Crippen molar-refractivity contribution in [2.75, 3.05) is 13.1 Å². The van der Waals surface area contributed by atoms with Crippen LogP contribution in [0.5, 0.6) is 0 Å². The number of nitrogens with zero attached hydrogens (tertiary/aromatic N) is 2. The SMILES string of the molecule is CCC1CCCCN1C(=O)CN1C(=O)C(=CC(C)=Cc2ccccc2)SC1=S. The van der Waals surface area contributed by atoms with Crippen LogP contribution in [-0.2, 0) is 9.59 Å². The molecule has 0 aliphatic carbocycles. The van der Waals surface area contributed by atoms with Gasteiger partial charge in [-0.25, -0.2) is 0 Å². The second kappa shape index (κ2) is 9.52. The van der Waals surface area contributed by atoms with Crippen LogP contribution in [-0.4, -0.2) is 45.1 Å². The number of rotatable bonds is 5. The third kappa shape index (κ3) is 4.92. The monoisotopic (exact) mass is 414 g/mol. The van der Waals surface area contributed by atoms with Crippen molar-refractivity contribution in [1.82, 2.24) is 9.80 Å². The Hall–Kier alpha value is -1.92. The van der Waals surface area contributed by atoms with Crippen molar-refractivity contribution < 1.29 is 9.59 Å². The van der Waals surface area contributed by atoms with Crippen molar-refractivity contribution in [2.24, 2.45) is 0 Å². The second-order valence-corrected chi connectivity index (χ2v) is 8.89. The lowest BCUT2D eigenvalue weighted by Crippen LogP contribution is -2.48. The summed E-state index contributed by atoms with van der Waals surface area (Å²) in [6, 6.07) is 10.3. The van der Waals surface area contributed by atoms with Gasteiger partial charge in [-0.1, -0.05) is 67.3 Å². The molecule has 0 aromatic heterocycles. The summed E-state index contributed by atoms with van der Waals surface area (Å²) in [6.07, 6.45) is 8.07. The first-order valence-corrected chi connectivity index (χ1v) is 11.0.